The Bertz CT molecular complexity index is 1610. The second-order valence-electron chi connectivity index (χ2n) is 9.26. The maximum Gasteiger partial charge on any atom is 0.264 e. The van der Waals surface area contributed by atoms with Crippen molar-refractivity contribution < 1.29 is 27.5 Å². The molecule has 0 saturated heterocycles. The molecule has 222 valence electrons. The first-order chi connectivity index (χ1) is 20.8. The van der Waals surface area contributed by atoms with E-state index in [9.17, 15) is 18.0 Å². The zero-order chi connectivity index (χ0) is 30.5. The Morgan fingerprint density at radius 1 is 0.814 bits per heavy atom. The van der Waals surface area contributed by atoms with E-state index in [1.54, 1.807) is 66.7 Å². The van der Waals surface area contributed by atoms with Crippen molar-refractivity contribution >= 4 is 33.7 Å². The van der Waals surface area contributed by atoms with E-state index in [1.807, 2.05) is 30.3 Å². The number of hydrazone groups is 1. The van der Waals surface area contributed by atoms with E-state index >= 15 is 0 Å². The molecule has 4 aromatic carbocycles. The van der Waals surface area contributed by atoms with Gasteiger partial charge in [-0.05, 0) is 78.2 Å². The molecule has 0 atom stereocenters. The Labute approximate surface area is 251 Å². The van der Waals surface area contributed by atoms with E-state index in [4.69, 9.17) is 9.47 Å². The molecule has 0 heterocycles. The van der Waals surface area contributed by atoms with Crippen LogP contribution in [-0.2, 0) is 26.0 Å². The first-order valence-corrected chi connectivity index (χ1v) is 14.9. The van der Waals surface area contributed by atoms with E-state index in [0.717, 1.165) is 16.3 Å². The van der Waals surface area contributed by atoms with Crippen molar-refractivity contribution in [1.29, 1.82) is 0 Å². The summed E-state index contributed by atoms with van der Waals surface area (Å²) in [5.74, 6) is 0.164. The van der Waals surface area contributed by atoms with Crippen molar-refractivity contribution in [2.75, 3.05) is 31.1 Å². The summed E-state index contributed by atoms with van der Waals surface area (Å²) < 4.78 is 38.5. The highest BCUT2D eigenvalue weighted by Crippen LogP contribution is 2.24. The summed E-state index contributed by atoms with van der Waals surface area (Å²) in [6.45, 7) is -0.0879. The molecule has 2 amide bonds. The highest BCUT2D eigenvalue weighted by molar-refractivity contribution is 7.92. The van der Waals surface area contributed by atoms with E-state index in [-0.39, 0.29) is 17.4 Å². The van der Waals surface area contributed by atoms with Gasteiger partial charge in [-0.25, -0.2) is 13.8 Å². The molecular formula is C32H32N4O6S. The number of rotatable bonds is 14. The molecule has 0 radical (unpaired) electrons. The van der Waals surface area contributed by atoms with Crippen LogP contribution < -0.4 is 24.5 Å². The number of carbonyl (C=O) groups is 2. The number of para-hydroxylation sites is 1. The van der Waals surface area contributed by atoms with Crippen LogP contribution >= 0.6 is 0 Å². The van der Waals surface area contributed by atoms with Crippen molar-refractivity contribution in [1.82, 2.24) is 10.7 Å². The normalized spacial score (nSPS) is 11.1. The molecule has 0 bridgehead atoms. The fraction of sp³-hybridized carbons (Fsp3) is 0.156. The zero-order valence-electron chi connectivity index (χ0n) is 23.6. The second kappa shape index (κ2) is 15.2. The van der Waals surface area contributed by atoms with Crippen LogP contribution in [0.1, 0.15) is 11.1 Å². The first kappa shape index (κ1) is 30.8. The van der Waals surface area contributed by atoms with Gasteiger partial charge in [-0.1, -0.05) is 48.5 Å². The van der Waals surface area contributed by atoms with Crippen molar-refractivity contribution in [3.8, 4) is 11.5 Å². The number of methoxy groups -OCH3 is 1. The number of nitrogens with one attached hydrogen (secondary N) is 2. The van der Waals surface area contributed by atoms with Crippen LogP contribution in [0.25, 0.3) is 0 Å². The number of nitrogens with zero attached hydrogens (tertiary/aromatic N) is 2. The molecule has 11 heteroatoms. The van der Waals surface area contributed by atoms with Gasteiger partial charge in [0.2, 0.25) is 0 Å². The van der Waals surface area contributed by atoms with Crippen molar-refractivity contribution in [3.63, 3.8) is 0 Å². The fourth-order valence-corrected chi connectivity index (χ4v) is 5.39. The molecule has 0 aromatic heterocycles. The van der Waals surface area contributed by atoms with Gasteiger partial charge in [-0.2, -0.15) is 5.10 Å². The largest absolute Gasteiger partial charge is 0.497 e. The van der Waals surface area contributed by atoms with Crippen molar-refractivity contribution in [2.24, 2.45) is 5.10 Å². The number of hydrogen-bond donors (Lipinski definition) is 2. The van der Waals surface area contributed by atoms with Gasteiger partial charge in [-0.3, -0.25) is 13.9 Å². The van der Waals surface area contributed by atoms with Crippen LogP contribution in [0.3, 0.4) is 0 Å². The maximum atomic E-state index is 13.4. The molecule has 0 aliphatic rings. The molecule has 4 rings (SSSR count). The quantitative estimate of drug-likeness (QED) is 0.168. The van der Waals surface area contributed by atoms with E-state index in [1.165, 1.54) is 25.5 Å². The number of carbonyl (C=O) groups excluding carboxylic acids is 2. The Morgan fingerprint density at radius 3 is 2.09 bits per heavy atom. The lowest BCUT2D eigenvalue weighted by molar-refractivity contribution is -0.123. The molecule has 0 fully saturated rings. The minimum absolute atomic E-state index is 0.0143. The Hall–Kier alpha value is -5.16. The minimum Gasteiger partial charge on any atom is -0.497 e. The van der Waals surface area contributed by atoms with Crippen LogP contribution in [0.4, 0.5) is 5.69 Å². The number of anilines is 1. The molecule has 0 spiro atoms. The van der Waals surface area contributed by atoms with Crippen LogP contribution in [0, 0.1) is 0 Å². The summed E-state index contributed by atoms with van der Waals surface area (Å²) in [4.78, 5) is 24.8. The number of ether oxygens (including phenoxy) is 2. The number of amides is 2. The fourth-order valence-electron chi connectivity index (χ4n) is 3.97. The lowest BCUT2D eigenvalue weighted by atomic mass is 10.1. The van der Waals surface area contributed by atoms with Gasteiger partial charge in [-0.15, -0.1) is 0 Å². The van der Waals surface area contributed by atoms with Crippen LogP contribution in [0.15, 0.2) is 119 Å². The van der Waals surface area contributed by atoms with E-state index in [2.05, 4.69) is 15.8 Å². The molecule has 4 aromatic rings. The van der Waals surface area contributed by atoms with Gasteiger partial charge in [0.1, 0.15) is 18.0 Å². The zero-order valence-corrected chi connectivity index (χ0v) is 24.4. The molecule has 0 aliphatic carbocycles. The highest BCUT2D eigenvalue weighted by atomic mass is 32.2. The van der Waals surface area contributed by atoms with Gasteiger partial charge < -0.3 is 14.8 Å². The number of sulfonamides is 1. The molecule has 10 nitrogen and oxygen atoms in total. The van der Waals surface area contributed by atoms with Gasteiger partial charge in [0.25, 0.3) is 21.8 Å². The Kier molecular flexibility index (Phi) is 10.9. The molecule has 43 heavy (non-hydrogen) atoms. The summed E-state index contributed by atoms with van der Waals surface area (Å²) in [5.41, 5.74) is 4.51. The second-order valence-corrected chi connectivity index (χ2v) is 11.1. The average molecular weight is 601 g/mol. The summed E-state index contributed by atoms with van der Waals surface area (Å²) in [5, 5.41) is 6.79. The first-order valence-electron chi connectivity index (χ1n) is 13.4. The SMILES string of the molecule is COc1ccc(S(=O)(=O)N(CC(=O)N/N=C\c2ccc(OCC(=O)NCCc3ccccc3)cc2)c2ccccc2)cc1. The highest BCUT2D eigenvalue weighted by Gasteiger charge is 2.27. The van der Waals surface area contributed by atoms with Gasteiger partial charge in [0.05, 0.1) is 23.9 Å². The predicted octanol–water partition coefficient (Wildman–Crippen LogP) is 3.78. The summed E-state index contributed by atoms with van der Waals surface area (Å²) >= 11 is 0. The smallest absolute Gasteiger partial charge is 0.264 e. The van der Waals surface area contributed by atoms with Crippen LogP contribution in [0.5, 0.6) is 11.5 Å². The molecule has 0 aliphatic heterocycles. The molecule has 0 saturated carbocycles. The third kappa shape index (κ3) is 9.17. The third-order valence-electron chi connectivity index (χ3n) is 6.21. The standard InChI is InChI=1S/C32H32N4O6S/c1-41-28-16-18-30(19-17-28)43(39,40)36(27-10-6-3-7-11-27)23-31(37)35-34-22-26-12-14-29(15-13-26)42-24-32(38)33-21-20-25-8-4-2-5-9-25/h2-19,22H,20-21,23-24H2,1H3,(H,33,38)(H,35,37)/b34-22-. The van der Waals surface area contributed by atoms with Crippen LogP contribution in [0.2, 0.25) is 0 Å². The average Bonchev–Trinajstić information content (AvgIpc) is 3.04. The monoisotopic (exact) mass is 600 g/mol. The molecule has 0 unspecified atom stereocenters. The summed E-state index contributed by atoms with van der Waals surface area (Å²) in [6, 6.07) is 30.9. The predicted molar refractivity (Wildman–Crippen MR) is 165 cm³/mol. The lowest BCUT2D eigenvalue weighted by Gasteiger charge is -2.23. The van der Waals surface area contributed by atoms with Gasteiger partial charge in [0, 0.05) is 6.54 Å². The lowest BCUT2D eigenvalue weighted by Crippen LogP contribution is -2.39. The summed E-state index contributed by atoms with van der Waals surface area (Å²) in [7, 11) is -2.57. The van der Waals surface area contributed by atoms with Gasteiger partial charge in [0.15, 0.2) is 6.61 Å². The molecule has 2 N–H and O–H groups in total. The maximum absolute atomic E-state index is 13.4. The summed E-state index contributed by atoms with van der Waals surface area (Å²) in [6.07, 6.45) is 2.16. The third-order valence-corrected chi connectivity index (χ3v) is 8.00. The molecular weight excluding hydrogens is 568 g/mol. The van der Waals surface area contributed by atoms with Crippen molar-refractivity contribution in [3.05, 3.63) is 120 Å². The topological polar surface area (TPSA) is 126 Å². The Balaban J connectivity index is 1.28. The minimum atomic E-state index is -4.06. The van der Waals surface area contributed by atoms with E-state index < -0.39 is 22.5 Å². The van der Waals surface area contributed by atoms with Crippen molar-refractivity contribution in [2.45, 2.75) is 11.3 Å². The Morgan fingerprint density at radius 2 is 1.44 bits per heavy atom. The van der Waals surface area contributed by atoms with Gasteiger partial charge >= 0.3 is 0 Å². The van der Waals surface area contributed by atoms with Crippen LogP contribution in [-0.4, -0.2) is 53.3 Å². The number of hydrogen-bond acceptors (Lipinski definition) is 7. The van der Waals surface area contributed by atoms with E-state index in [0.29, 0.717) is 29.3 Å². The number of benzene rings is 4.